The van der Waals surface area contributed by atoms with Gasteiger partial charge in [-0.25, -0.2) is 4.79 Å². The molecular formula is C30H39F3N3O3. The van der Waals surface area contributed by atoms with E-state index in [-0.39, 0.29) is 17.7 Å². The Labute approximate surface area is 229 Å². The molecule has 1 saturated heterocycles. The fraction of sp³-hybridized carbons (Fsp3) is 0.500. The standard InChI is InChI=1S/C30H39F3N3O3/c1-4-5-6-7-8-16-35-29(38)36(3)24-11-9-10-22(19-24)25-13-12-23(26-14-17-34-28(26)21(2)37)20-27(25)39-18-15-30(31,32)33/h9-13,19-20,26,28,34H,2,4-8,14-18H2,1,3H3,(H,35,38)/t26?,28-/m1/s1. The Morgan fingerprint density at radius 3 is 2.62 bits per heavy atom. The Balaban J connectivity index is 1.81. The largest absolute Gasteiger partial charge is 0.493 e. The Kier molecular flexibility index (Phi) is 11.2. The Morgan fingerprint density at radius 2 is 1.90 bits per heavy atom. The molecule has 39 heavy (non-hydrogen) atoms. The molecule has 0 saturated carbocycles. The van der Waals surface area contributed by atoms with Gasteiger partial charge in [0.1, 0.15) is 5.75 Å². The molecule has 0 aromatic heterocycles. The van der Waals surface area contributed by atoms with Crippen molar-refractivity contribution in [2.75, 3.05) is 31.6 Å². The van der Waals surface area contributed by atoms with Crippen LogP contribution in [0.3, 0.4) is 0 Å². The van der Waals surface area contributed by atoms with Crippen LogP contribution in [0.15, 0.2) is 42.5 Å². The molecule has 2 aromatic rings. The number of Topliss-reactive ketones (excluding diaryl/α,β-unsaturated/α-hetero) is 1. The highest BCUT2D eigenvalue weighted by molar-refractivity contribution is 5.92. The number of rotatable bonds is 13. The van der Waals surface area contributed by atoms with Crippen LogP contribution in [0.25, 0.3) is 11.1 Å². The van der Waals surface area contributed by atoms with Gasteiger partial charge in [-0.1, -0.05) is 56.9 Å². The van der Waals surface area contributed by atoms with Crippen molar-refractivity contribution in [1.29, 1.82) is 0 Å². The van der Waals surface area contributed by atoms with E-state index in [4.69, 9.17) is 4.74 Å². The zero-order valence-corrected chi connectivity index (χ0v) is 22.8. The van der Waals surface area contributed by atoms with Crippen LogP contribution in [0.4, 0.5) is 23.7 Å². The number of anilines is 1. The van der Waals surface area contributed by atoms with Crippen LogP contribution in [0.2, 0.25) is 0 Å². The molecule has 1 aliphatic rings. The smallest absolute Gasteiger partial charge is 0.392 e. The summed E-state index contributed by atoms with van der Waals surface area (Å²) in [7, 11) is 1.68. The van der Waals surface area contributed by atoms with E-state index in [9.17, 15) is 22.8 Å². The fourth-order valence-corrected chi connectivity index (χ4v) is 4.85. The molecule has 2 atom stereocenters. The summed E-state index contributed by atoms with van der Waals surface area (Å²) in [5.41, 5.74) is 2.76. The van der Waals surface area contributed by atoms with Gasteiger partial charge in [-0.15, -0.1) is 0 Å². The summed E-state index contributed by atoms with van der Waals surface area (Å²) in [6, 6.07) is 12.0. The lowest BCUT2D eigenvalue weighted by Gasteiger charge is -2.21. The number of carbonyl (C=O) groups is 2. The van der Waals surface area contributed by atoms with Gasteiger partial charge in [-0.05, 0) is 48.7 Å². The molecule has 6 nitrogen and oxygen atoms in total. The van der Waals surface area contributed by atoms with E-state index in [1.807, 2.05) is 18.2 Å². The van der Waals surface area contributed by atoms with Gasteiger partial charge in [-0.3, -0.25) is 9.69 Å². The third kappa shape index (κ3) is 8.98. The number of nitrogens with one attached hydrogen (secondary N) is 2. The topological polar surface area (TPSA) is 70.7 Å². The summed E-state index contributed by atoms with van der Waals surface area (Å²) in [5.74, 6) is -0.0662. The van der Waals surface area contributed by atoms with Crippen molar-refractivity contribution in [2.24, 2.45) is 0 Å². The van der Waals surface area contributed by atoms with Crippen molar-refractivity contribution in [3.8, 4) is 16.9 Å². The van der Waals surface area contributed by atoms with Gasteiger partial charge in [0.15, 0.2) is 5.78 Å². The van der Waals surface area contributed by atoms with E-state index in [2.05, 4.69) is 24.5 Å². The lowest BCUT2D eigenvalue weighted by Crippen LogP contribution is -2.37. The first-order valence-electron chi connectivity index (χ1n) is 13.7. The Morgan fingerprint density at radius 1 is 1.13 bits per heavy atom. The molecule has 0 bridgehead atoms. The first-order valence-corrected chi connectivity index (χ1v) is 13.7. The van der Waals surface area contributed by atoms with E-state index in [0.717, 1.165) is 31.2 Å². The number of amides is 2. The van der Waals surface area contributed by atoms with Gasteiger partial charge in [0.05, 0.1) is 19.1 Å². The molecule has 1 unspecified atom stereocenters. The second-order valence-electron chi connectivity index (χ2n) is 10.0. The molecule has 1 fully saturated rings. The Hall–Kier alpha value is -3.07. The molecule has 1 radical (unpaired) electrons. The summed E-state index contributed by atoms with van der Waals surface area (Å²) >= 11 is 0. The number of hydrogen-bond donors (Lipinski definition) is 2. The Bertz CT molecular complexity index is 1110. The number of ether oxygens (including phenoxy) is 1. The fourth-order valence-electron chi connectivity index (χ4n) is 4.85. The zero-order valence-electron chi connectivity index (χ0n) is 22.8. The average Bonchev–Trinajstić information content (AvgIpc) is 3.40. The van der Waals surface area contributed by atoms with Crippen LogP contribution in [0.5, 0.6) is 5.75 Å². The van der Waals surface area contributed by atoms with Crippen molar-refractivity contribution < 1.29 is 27.5 Å². The number of urea groups is 1. The van der Waals surface area contributed by atoms with Gasteiger partial charge in [-0.2, -0.15) is 13.2 Å². The number of ketones is 1. The van der Waals surface area contributed by atoms with Gasteiger partial charge in [0.25, 0.3) is 0 Å². The van der Waals surface area contributed by atoms with E-state index in [0.29, 0.717) is 42.1 Å². The second-order valence-corrected chi connectivity index (χ2v) is 10.0. The molecule has 1 heterocycles. The molecule has 213 valence electrons. The van der Waals surface area contributed by atoms with Crippen molar-refractivity contribution >= 4 is 17.5 Å². The van der Waals surface area contributed by atoms with Crippen molar-refractivity contribution in [1.82, 2.24) is 10.6 Å². The van der Waals surface area contributed by atoms with Crippen molar-refractivity contribution in [3.05, 3.63) is 55.0 Å². The molecule has 2 amide bonds. The summed E-state index contributed by atoms with van der Waals surface area (Å²) in [6.07, 6.45) is 0.782. The third-order valence-electron chi connectivity index (χ3n) is 7.05. The number of unbranched alkanes of at least 4 members (excludes halogenated alkanes) is 4. The molecule has 1 aliphatic heterocycles. The molecule has 0 aliphatic carbocycles. The molecule has 2 N–H and O–H groups in total. The van der Waals surface area contributed by atoms with Crippen LogP contribution in [0.1, 0.15) is 63.4 Å². The highest BCUT2D eigenvalue weighted by atomic mass is 19.4. The number of alkyl halides is 3. The number of carbonyl (C=O) groups excluding carboxylic acids is 2. The molecular weight excluding hydrogens is 507 g/mol. The molecule has 9 heteroatoms. The predicted molar refractivity (Wildman–Crippen MR) is 148 cm³/mol. The minimum Gasteiger partial charge on any atom is -0.493 e. The molecule has 2 aromatic carbocycles. The average molecular weight is 547 g/mol. The van der Waals surface area contributed by atoms with Crippen LogP contribution >= 0.6 is 0 Å². The summed E-state index contributed by atoms with van der Waals surface area (Å²) in [6.45, 7) is 6.42. The monoisotopic (exact) mass is 546 g/mol. The zero-order chi connectivity index (χ0) is 28.4. The van der Waals surface area contributed by atoms with Crippen LogP contribution < -0.4 is 20.3 Å². The second kappa shape index (κ2) is 14.4. The van der Waals surface area contributed by atoms with E-state index < -0.39 is 25.2 Å². The molecule has 3 rings (SSSR count). The third-order valence-corrected chi connectivity index (χ3v) is 7.05. The predicted octanol–water partition coefficient (Wildman–Crippen LogP) is 6.65. The van der Waals surface area contributed by atoms with Crippen molar-refractivity contribution in [2.45, 2.75) is 70.0 Å². The van der Waals surface area contributed by atoms with Crippen LogP contribution in [0, 0.1) is 6.92 Å². The first-order chi connectivity index (χ1) is 18.6. The summed E-state index contributed by atoms with van der Waals surface area (Å²) in [5, 5.41) is 6.09. The lowest BCUT2D eigenvalue weighted by molar-refractivity contribution is -0.139. The highest BCUT2D eigenvalue weighted by Gasteiger charge is 2.32. The van der Waals surface area contributed by atoms with Crippen LogP contribution in [-0.4, -0.2) is 50.8 Å². The minimum atomic E-state index is -4.34. The van der Waals surface area contributed by atoms with Crippen molar-refractivity contribution in [3.63, 3.8) is 0 Å². The van der Waals surface area contributed by atoms with E-state index in [1.54, 1.807) is 31.3 Å². The quantitative estimate of drug-likeness (QED) is 0.276. The van der Waals surface area contributed by atoms with Crippen LogP contribution in [-0.2, 0) is 4.79 Å². The lowest BCUT2D eigenvalue weighted by atomic mass is 9.88. The number of benzene rings is 2. The molecule has 0 spiro atoms. The first kappa shape index (κ1) is 30.5. The minimum absolute atomic E-state index is 0.142. The van der Waals surface area contributed by atoms with Gasteiger partial charge in [0.2, 0.25) is 0 Å². The summed E-state index contributed by atoms with van der Waals surface area (Å²) < 4.78 is 44.2. The summed E-state index contributed by atoms with van der Waals surface area (Å²) in [4.78, 5) is 26.2. The maximum absolute atomic E-state index is 12.9. The SMILES string of the molecule is [CH2]C(=O)[C@H]1NCCC1c1ccc(-c2cccc(N(C)C(=O)NCCCCCCC)c2)c(OCCC(F)(F)F)c1. The normalized spacial score (nSPS) is 17.2. The maximum Gasteiger partial charge on any atom is 0.392 e. The maximum atomic E-state index is 12.9. The van der Waals surface area contributed by atoms with E-state index in [1.165, 1.54) is 11.3 Å². The number of halogens is 3. The number of hydrogen-bond acceptors (Lipinski definition) is 4. The number of nitrogens with zero attached hydrogens (tertiary/aromatic N) is 1. The van der Waals surface area contributed by atoms with Gasteiger partial charge in [0, 0.05) is 37.7 Å². The highest BCUT2D eigenvalue weighted by Crippen LogP contribution is 2.38. The van der Waals surface area contributed by atoms with E-state index >= 15 is 0 Å². The van der Waals surface area contributed by atoms with Gasteiger partial charge >= 0.3 is 12.2 Å². The van der Waals surface area contributed by atoms with Gasteiger partial charge < -0.3 is 15.4 Å².